The van der Waals surface area contributed by atoms with Gasteiger partial charge in [-0.15, -0.1) is 0 Å². The first-order valence-electron chi connectivity index (χ1n) is 7.84. The first kappa shape index (κ1) is 14.7. The van der Waals surface area contributed by atoms with Crippen molar-refractivity contribution in [2.75, 3.05) is 0 Å². The summed E-state index contributed by atoms with van der Waals surface area (Å²) in [5.74, 6) is 0.0718. The third kappa shape index (κ3) is 2.82. The molecule has 24 heavy (non-hydrogen) atoms. The molecule has 1 amide bonds. The second-order valence-electron chi connectivity index (χ2n) is 5.93. The van der Waals surface area contributed by atoms with Crippen LogP contribution in [0.3, 0.4) is 0 Å². The van der Waals surface area contributed by atoms with Gasteiger partial charge in [0.15, 0.2) is 0 Å². The van der Waals surface area contributed by atoms with E-state index in [4.69, 9.17) is 4.74 Å². The zero-order valence-corrected chi connectivity index (χ0v) is 12.9. The van der Waals surface area contributed by atoms with Gasteiger partial charge < -0.3 is 10.1 Å². The molecule has 0 saturated heterocycles. The van der Waals surface area contributed by atoms with E-state index < -0.39 is 0 Å². The van der Waals surface area contributed by atoms with Gasteiger partial charge in [-0.25, -0.2) is 8.91 Å². The number of hydrogen-bond acceptors (Lipinski definition) is 3. The molecule has 0 unspecified atom stereocenters. The summed E-state index contributed by atoms with van der Waals surface area (Å²) in [6.45, 7) is 0. The number of carbonyl (C=O) groups excluding carboxylic acids is 1. The van der Waals surface area contributed by atoms with Crippen LogP contribution in [0.4, 0.5) is 4.39 Å². The molecular formula is C18H16FN3O2. The maximum Gasteiger partial charge on any atom is 0.255 e. The Balaban J connectivity index is 1.34. The average molecular weight is 325 g/mol. The summed E-state index contributed by atoms with van der Waals surface area (Å²) in [6, 6.07) is 11.8. The number of aromatic nitrogens is 2. The fraction of sp³-hybridized carbons (Fsp3) is 0.222. The van der Waals surface area contributed by atoms with Crippen LogP contribution in [0.5, 0.6) is 5.75 Å². The lowest BCUT2D eigenvalue weighted by Gasteiger charge is -2.35. The molecule has 1 aromatic carbocycles. The van der Waals surface area contributed by atoms with Crippen LogP contribution in [0.25, 0.3) is 5.52 Å². The molecule has 5 nitrogen and oxygen atoms in total. The highest BCUT2D eigenvalue weighted by Gasteiger charge is 2.32. The van der Waals surface area contributed by atoms with Crippen LogP contribution in [0.15, 0.2) is 54.9 Å². The number of pyridine rings is 1. The van der Waals surface area contributed by atoms with Crippen LogP contribution >= 0.6 is 0 Å². The molecule has 1 saturated carbocycles. The molecule has 0 atom stereocenters. The van der Waals surface area contributed by atoms with Crippen LogP contribution in [0, 0.1) is 5.82 Å². The Kier molecular flexibility index (Phi) is 3.65. The third-order valence-corrected chi connectivity index (χ3v) is 4.20. The molecule has 1 fully saturated rings. The number of hydrogen-bond donors (Lipinski definition) is 1. The monoisotopic (exact) mass is 325 g/mol. The Morgan fingerprint density at radius 3 is 2.96 bits per heavy atom. The smallest absolute Gasteiger partial charge is 0.255 e. The number of ether oxygens (including phenoxy) is 1. The SMILES string of the molecule is O=C(N[C@H]1C[C@H](Oc2cccc(F)c2)C1)c1cnn2ccccc12. The van der Waals surface area contributed by atoms with Gasteiger partial charge in [-0.05, 0) is 24.3 Å². The predicted molar refractivity (Wildman–Crippen MR) is 86.5 cm³/mol. The molecule has 1 aliphatic carbocycles. The maximum atomic E-state index is 13.1. The van der Waals surface area contributed by atoms with Gasteiger partial charge in [0.05, 0.1) is 17.3 Å². The topological polar surface area (TPSA) is 55.6 Å². The molecule has 1 N–H and O–H groups in total. The van der Waals surface area contributed by atoms with Gasteiger partial charge in [-0.2, -0.15) is 5.10 Å². The fourth-order valence-corrected chi connectivity index (χ4v) is 2.89. The number of amides is 1. The Hall–Kier alpha value is -2.89. The first-order valence-corrected chi connectivity index (χ1v) is 7.84. The summed E-state index contributed by atoms with van der Waals surface area (Å²) < 4.78 is 20.5. The molecule has 0 aliphatic heterocycles. The van der Waals surface area contributed by atoms with Crippen LogP contribution < -0.4 is 10.1 Å². The van der Waals surface area contributed by atoms with Crippen molar-refractivity contribution in [2.45, 2.75) is 25.0 Å². The maximum absolute atomic E-state index is 13.1. The normalized spacial score (nSPS) is 19.7. The quantitative estimate of drug-likeness (QED) is 0.802. The molecule has 2 heterocycles. The minimum atomic E-state index is -0.315. The molecule has 0 radical (unpaired) electrons. The van der Waals surface area contributed by atoms with E-state index in [-0.39, 0.29) is 23.9 Å². The highest BCUT2D eigenvalue weighted by molar-refractivity contribution is 6.00. The predicted octanol–water partition coefficient (Wildman–Crippen LogP) is 2.81. The van der Waals surface area contributed by atoms with Crippen molar-refractivity contribution in [3.05, 3.63) is 66.2 Å². The molecule has 2 aromatic heterocycles. The minimum absolute atomic E-state index is 0.000932. The molecule has 6 heteroatoms. The van der Waals surface area contributed by atoms with E-state index in [0.717, 1.165) is 5.52 Å². The van der Waals surface area contributed by atoms with E-state index in [1.807, 2.05) is 18.2 Å². The lowest BCUT2D eigenvalue weighted by Crippen LogP contribution is -2.48. The molecule has 0 spiro atoms. The molecular weight excluding hydrogens is 309 g/mol. The Morgan fingerprint density at radius 2 is 2.12 bits per heavy atom. The van der Waals surface area contributed by atoms with Gasteiger partial charge >= 0.3 is 0 Å². The van der Waals surface area contributed by atoms with E-state index in [2.05, 4.69) is 10.4 Å². The Labute approximate surface area is 138 Å². The Morgan fingerprint density at radius 1 is 1.25 bits per heavy atom. The summed E-state index contributed by atoms with van der Waals surface area (Å²) in [5, 5.41) is 7.16. The molecule has 3 aromatic rings. The van der Waals surface area contributed by atoms with Crippen molar-refractivity contribution in [1.82, 2.24) is 14.9 Å². The van der Waals surface area contributed by atoms with E-state index in [9.17, 15) is 9.18 Å². The van der Waals surface area contributed by atoms with Gasteiger partial charge in [0.25, 0.3) is 5.91 Å². The van der Waals surface area contributed by atoms with Crippen LogP contribution in [0.2, 0.25) is 0 Å². The summed E-state index contributed by atoms with van der Waals surface area (Å²) in [5.41, 5.74) is 1.34. The standard InChI is InChI=1S/C18H16FN3O2/c19-12-4-3-5-14(8-12)24-15-9-13(10-15)21-18(23)16-11-20-22-7-2-1-6-17(16)22/h1-8,11,13,15H,9-10H2,(H,21,23)/t13-,15-. The number of benzene rings is 1. The zero-order chi connectivity index (χ0) is 16.5. The van der Waals surface area contributed by atoms with Crippen molar-refractivity contribution < 1.29 is 13.9 Å². The minimum Gasteiger partial charge on any atom is -0.490 e. The van der Waals surface area contributed by atoms with Gasteiger partial charge in [-0.1, -0.05) is 12.1 Å². The second-order valence-corrected chi connectivity index (χ2v) is 5.93. The van der Waals surface area contributed by atoms with Crippen molar-refractivity contribution in [3.8, 4) is 5.75 Å². The number of nitrogens with zero attached hydrogens (tertiary/aromatic N) is 2. The number of carbonyl (C=O) groups is 1. The Bertz CT molecular complexity index is 887. The molecule has 0 bridgehead atoms. The molecule has 1 aliphatic rings. The largest absolute Gasteiger partial charge is 0.490 e. The zero-order valence-electron chi connectivity index (χ0n) is 12.9. The van der Waals surface area contributed by atoms with Gasteiger partial charge in [-0.3, -0.25) is 4.79 Å². The van der Waals surface area contributed by atoms with Crippen molar-refractivity contribution in [3.63, 3.8) is 0 Å². The summed E-state index contributed by atoms with van der Waals surface area (Å²) in [6.07, 6.45) is 4.80. The fourth-order valence-electron chi connectivity index (χ4n) is 2.89. The number of rotatable bonds is 4. The van der Waals surface area contributed by atoms with Crippen molar-refractivity contribution in [2.24, 2.45) is 0 Å². The first-order chi connectivity index (χ1) is 11.7. The van der Waals surface area contributed by atoms with Gasteiger partial charge in [0.1, 0.15) is 17.7 Å². The number of halogens is 1. The van der Waals surface area contributed by atoms with Crippen LogP contribution in [0.1, 0.15) is 23.2 Å². The van der Waals surface area contributed by atoms with Crippen molar-refractivity contribution >= 4 is 11.4 Å². The summed E-state index contributed by atoms with van der Waals surface area (Å²) in [4.78, 5) is 12.4. The van der Waals surface area contributed by atoms with Gasteiger partial charge in [0.2, 0.25) is 0 Å². The highest BCUT2D eigenvalue weighted by Crippen LogP contribution is 2.26. The average Bonchev–Trinajstić information content (AvgIpc) is 2.97. The van der Waals surface area contributed by atoms with Crippen molar-refractivity contribution in [1.29, 1.82) is 0 Å². The van der Waals surface area contributed by atoms with E-state index in [1.54, 1.807) is 29.0 Å². The van der Waals surface area contributed by atoms with E-state index >= 15 is 0 Å². The van der Waals surface area contributed by atoms with Crippen LogP contribution in [-0.4, -0.2) is 27.7 Å². The lowest BCUT2D eigenvalue weighted by atomic mass is 9.89. The van der Waals surface area contributed by atoms with E-state index in [1.165, 1.54) is 12.1 Å². The molecule has 122 valence electrons. The second kappa shape index (κ2) is 5.96. The lowest BCUT2D eigenvalue weighted by molar-refractivity contribution is 0.0701. The summed E-state index contributed by atoms with van der Waals surface area (Å²) >= 11 is 0. The van der Waals surface area contributed by atoms with E-state index in [0.29, 0.717) is 24.2 Å². The number of nitrogens with one attached hydrogen (secondary N) is 1. The van der Waals surface area contributed by atoms with Crippen LogP contribution in [-0.2, 0) is 0 Å². The summed E-state index contributed by atoms with van der Waals surface area (Å²) in [7, 11) is 0. The molecule has 4 rings (SSSR count). The highest BCUT2D eigenvalue weighted by atomic mass is 19.1. The third-order valence-electron chi connectivity index (χ3n) is 4.20. The number of fused-ring (bicyclic) bond motifs is 1. The van der Waals surface area contributed by atoms with Gasteiger partial charge in [0, 0.05) is 31.1 Å².